The van der Waals surface area contributed by atoms with Crippen molar-refractivity contribution in [3.63, 3.8) is 0 Å². The van der Waals surface area contributed by atoms with Gasteiger partial charge in [0.2, 0.25) is 0 Å². The van der Waals surface area contributed by atoms with Crippen molar-refractivity contribution in [2.24, 2.45) is 0 Å². The minimum atomic E-state index is -1.32. The highest BCUT2D eigenvalue weighted by atomic mass is 28.3. The maximum absolute atomic E-state index is 10.8. The van der Waals surface area contributed by atoms with Gasteiger partial charge in [0.05, 0.1) is 0 Å². The summed E-state index contributed by atoms with van der Waals surface area (Å²) in [5.74, 6) is 3.08. The number of amides is 1. The van der Waals surface area contributed by atoms with Gasteiger partial charge in [-0.1, -0.05) is 25.6 Å². The zero-order valence-corrected chi connectivity index (χ0v) is 11.2. The average molecular weight is 237 g/mol. The molecule has 0 aromatic heterocycles. The summed E-state index contributed by atoms with van der Waals surface area (Å²) in [5.41, 5.74) is 4.40. The first kappa shape index (κ1) is 12.9. The molecular weight excluding hydrogens is 218 g/mol. The molecule has 1 rings (SSSR count). The fraction of sp³-hybridized carbons (Fsp3) is 0.583. The predicted molar refractivity (Wildman–Crippen MR) is 68.0 cm³/mol. The van der Waals surface area contributed by atoms with E-state index < -0.39 is 14.2 Å². The van der Waals surface area contributed by atoms with Crippen molar-refractivity contribution in [3.8, 4) is 11.5 Å². The fourth-order valence-electron chi connectivity index (χ4n) is 1.54. The third kappa shape index (κ3) is 4.54. The van der Waals surface area contributed by atoms with Gasteiger partial charge in [0.1, 0.15) is 8.07 Å². The van der Waals surface area contributed by atoms with Crippen LogP contribution in [0.5, 0.6) is 0 Å². The van der Waals surface area contributed by atoms with Gasteiger partial charge in [-0.15, -0.1) is 5.54 Å². The average Bonchev–Trinajstić information content (AvgIpc) is 2.16. The Morgan fingerprint density at radius 3 is 2.75 bits per heavy atom. The van der Waals surface area contributed by atoms with Crippen molar-refractivity contribution >= 4 is 14.2 Å². The molecule has 1 saturated heterocycles. The standard InChI is InChI=1S/C12H19NO2Si/c1-16(2,3)9-5-7-11-6-4-8-13(10-11)12(14)15/h7H,4,6,8,10H2,1-3H3,(H,14,15)/b11-7-. The topological polar surface area (TPSA) is 40.5 Å². The number of piperidine rings is 1. The maximum atomic E-state index is 10.8. The zero-order valence-electron chi connectivity index (χ0n) is 10.2. The first-order valence-corrected chi connectivity index (χ1v) is 9.07. The number of hydrogen-bond acceptors (Lipinski definition) is 1. The molecule has 4 heteroatoms. The van der Waals surface area contributed by atoms with E-state index >= 15 is 0 Å². The number of hydrogen-bond donors (Lipinski definition) is 1. The van der Waals surface area contributed by atoms with E-state index in [2.05, 4.69) is 31.1 Å². The number of allylic oxidation sites excluding steroid dienone is 1. The minimum absolute atomic E-state index is 0.524. The van der Waals surface area contributed by atoms with Crippen molar-refractivity contribution in [3.05, 3.63) is 11.6 Å². The molecule has 0 spiro atoms. The van der Waals surface area contributed by atoms with Crippen LogP contribution >= 0.6 is 0 Å². The Bertz CT molecular complexity index is 357. The maximum Gasteiger partial charge on any atom is 0.407 e. The van der Waals surface area contributed by atoms with E-state index in [1.54, 1.807) is 0 Å². The van der Waals surface area contributed by atoms with E-state index in [4.69, 9.17) is 5.11 Å². The molecular formula is C12H19NO2Si. The summed E-state index contributed by atoms with van der Waals surface area (Å²) in [6.07, 6.45) is 2.97. The van der Waals surface area contributed by atoms with E-state index in [1.165, 1.54) is 4.90 Å². The van der Waals surface area contributed by atoms with E-state index in [-0.39, 0.29) is 0 Å². The van der Waals surface area contributed by atoms with Crippen LogP contribution in [-0.2, 0) is 0 Å². The first-order chi connectivity index (χ1) is 7.38. The zero-order chi connectivity index (χ0) is 12.2. The molecule has 1 aliphatic rings. The molecule has 1 fully saturated rings. The molecule has 0 aromatic rings. The lowest BCUT2D eigenvalue weighted by atomic mass is 10.1. The van der Waals surface area contributed by atoms with Crippen LogP contribution in [0.25, 0.3) is 0 Å². The van der Waals surface area contributed by atoms with E-state index in [0.717, 1.165) is 18.4 Å². The van der Waals surface area contributed by atoms with Gasteiger partial charge in [0, 0.05) is 13.1 Å². The van der Waals surface area contributed by atoms with Gasteiger partial charge in [-0.05, 0) is 24.5 Å². The second-order valence-corrected chi connectivity index (χ2v) is 9.88. The van der Waals surface area contributed by atoms with Gasteiger partial charge >= 0.3 is 6.09 Å². The van der Waals surface area contributed by atoms with Gasteiger partial charge in [-0.3, -0.25) is 0 Å². The van der Waals surface area contributed by atoms with Crippen molar-refractivity contribution < 1.29 is 9.90 Å². The molecule has 0 unspecified atom stereocenters. The summed E-state index contributed by atoms with van der Waals surface area (Å²) in [6.45, 7) is 7.76. The molecule has 0 aromatic carbocycles. The highest BCUT2D eigenvalue weighted by Crippen LogP contribution is 2.14. The summed E-state index contributed by atoms with van der Waals surface area (Å²) in [4.78, 5) is 12.3. The van der Waals surface area contributed by atoms with E-state index in [1.807, 2.05) is 6.08 Å². The number of carboxylic acid groups (broad SMARTS) is 1. The highest BCUT2D eigenvalue weighted by molar-refractivity contribution is 6.83. The van der Waals surface area contributed by atoms with Crippen LogP contribution in [0, 0.1) is 11.5 Å². The van der Waals surface area contributed by atoms with Gasteiger partial charge in [0.15, 0.2) is 0 Å². The Kier molecular flexibility index (Phi) is 4.19. The lowest BCUT2D eigenvalue weighted by molar-refractivity contribution is 0.144. The van der Waals surface area contributed by atoms with Crippen molar-refractivity contribution in [2.75, 3.05) is 13.1 Å². The molecule has 0 bridgehead atoms. The summed E-state index contributed by atoms with van der Waals surface area (Å²) in [7, 11) is -1.32. The molecule has 0 saturated carbocycles. The molecule has 1 N–H and O–H groups in total. The van der Waals surface area contributed by atoms with Crippen LogP contribution in [0.4, 0.5) is 4.79 Å². The Morgan fingerprint density at radius 2 is 2.19 bits per heavy atom. The molecule has 0 radical (unpaired) electrons. The summed E-state index contributed by atoms with van der Waals surface area (Å²) < 4.78 is 0. The second kappa shape index (κ2) is 5.22. The third-order valence-electron chi connectivity index (χ3n) is 2.31. The van der Waals surface area contributed by atoms with Crippen LogP contribution in [-0.4, -0.2) is 37.3 Å². The molecule has 88 valence electrons. The number of likely N-dealkylation sites (tertiary alicyclic amines) is 1. The summed E-state index contributed by atoms with van der Waals surface area (Å²) >= 11 is 0. The lowest BCUT2D eigenvalue weighted by Crippen LogP contribution is -2.35. The van der Waals surface area contributed by atoms with Crippen molar-refractivity contribution in [2.45, 2.75) is 32.5 Å². The van der Waals surface area contributed by atoms with Crippen LogP contribution in [0.3, 0.4) is 0 Å². The van der Waals surface area contributed by atoms with Crippen molar-refractivity contribution in [1.82, 2.24) is 4.90 Å². The van der Waals surface area contributed by atoms with Gasteiger partial charge in [-0.25, -0.2) is 4.79 Å². The third-order valence-corrected chi connectivity index (χ3v) is 3.21. The number of carbonyl (C=O) groups is 1. The Morgan fingerprint density at radius 1 is 1.50 bits per heavy atom. The molecule has 16 heavy (non-hydrogen) atoms. The Labute approximate surface area is 98.2 Å². The monoisotopic (exact) mass is 237 g/mol. The molecule has 1 aliphatic heterocycles. The van der Waals surface area contributed by atoms with Crippen LogP contribution in [0.2, 0.25) is 19.6 Å². The van der Waals surface area contributed by atoms with Crippen LogP contribution in [0.1, 0.15) is 12.8 Å². The molecule has 3 nitrogen and oxygen atoms in total. The highest BCUT2D eigenvalue weighted by Gasteiger charge is 2.17. The summed E-state index contributed by atoms with van der Waals surface area (Å²) in [6, 6.07) is 0. The SMILES string of the molecule is C[Si](C)(C)C#C/C=C1/CCCN(C(=O)O)C1. The Hall–Kier alpha value is -1.21. The predicted octanol–water partition coefficient (Wildman–Crippen LogP) is 2.57. The molecule has 1 amide bonds. The Balaban J connectivity index is 2.63. The fourth-order valence-corrected chi connectivity index (χ4v) is 2.04. The van der Waals surface area contributed by atoms with Gasteiger partial charge in [-0.2, -0.15) is 0 Å². The number of nitrogens with zero attached hydrogens (tertiary/aromatic N) is 1. The summed E-state index contributed by atoms with van der Waals surface area (Å²) in [5, 5.41) is 8.88. The van der Waals surface area contributed by atoms with E-state index in [0.29, 0.717) is 13.1 Å². The quantitative estimate of drug-likeness (QED) is 0.519. The lowest BCUT2D eigenvalue weighted by Gasteiger charge is -2.25. The van der Waals surface area contributed by atoms with Gasteiger partial charge < -0.3 is 10.0 Å². The number of rotatable bonds is 0. The van der Waals surface area contributed by atoms with Gasteiger partial charge in [0.25, 0.3) is 0 Å². The molecule has 0 atom stereocenters. The second-order valence-electron chi connectivity index (χ2n) is 5.13. The molecule has 0 aliphatic carbocycles. The normalized spacial score (nSPS) is 19.2. The largest absolute Gasteiger partial charge is 0.465 e. The van der Waals surface area contributed by atoms with Crippen LogP contribution in [0.15, 0.2) is 11.6 Å². The minimum Gasteiger partial charge on any atom is -0.465 e. The smallest absolute Gasteiger partial charge is 0.407 e. The molecule has 1 heterocycles. The van der Waals surface area contributed by atoms with E-state index in [9.17, 15) is 4.79 Å². The van der Waals surface area contributed by atoms with Crippen LogP contribution < -0.4 is 0 Å². The van der Waals surface area contributed by atoms with Crippen molar-refractivity contribution in [1.29, 1.82) is 0 Å². The first-order valence-electron chi connectivity index (χ1n) is 5.57.